The molecule has 6 nitrogen and oxygen atoms in total. The van der Waals surface area contributed by atoms with Crippen LogP contribution in [0.3, 0.4) is 0 Å². The van der Waals surface area contributed by atoms with E-state index >= 15 is 0 Å². The second-order valence-corrected chi connectivity index (χ2v) is 6.51. The lowest BCUT2D eigenvalue weighted by molar-refractivity contribution is -0.127. The molecule has 1 fully saturated rings. The van der Waals surface area contributed by atoms with Crippen LogP contribution < -0.4 is 5.32 Å². The molecule has 25 heavy (non-hydrogen) atoms. The summed E-state index contributed by atoms with van der Waals surface area (Å²) < 4.78 is 5.18. The van der Waals surface area contributed by atoms with Gasteiger partial charge in [-0.15, -0.1) is 0 Å². The largest absolute Gasteiger partial charge is 0.448 e. The van der Waals surface area contributed by atoms with E-state index in [2.05, 4.69) is 10.3 Å². The number of likely N-dealkylation sites (tertiary alicyclic amines) is 1. The summed E-state index contributed by atoms with van der Waals surface area (Å²) in [5.41, 5.74) is 1.38. The molecule has 2 aromatic rings. The Morgan fingerprint density at radius 1 is 1.48 bits per heavy atom. The molecule has 0 spiro atoms. The highest BCUT2D eigenvalue weighted by Gasteiger charge is 2.31. The maximum absolute atomic E-state index is 12.3. The Bertz CT molecular complexity index is 774. The van der Waals surface area contributed by atoms with Crippen molar-refractivity contribution < 1.29 is 14.0 Å². The molecule has 1 aliphatic heterocycles. The van der Waals surface area contributed by atoms with Gasteiger partial charge >= 0.3 is 0 Å². The lowest BCUT2D eigenvalue weighted by atomic mass is 10.1. The maximum Gasteiger partial charge on any atom is 0.273 e. The highest BCUT2D eigenvalue weighted by Crippen LogP contribution is 2.16. The van der Waals surface area contributed by atoms with Crippen molar-refractivity contribution in [2.24, 2.45) is 0 Å². The van der Waals surface area contributed by atoms with E-state index in [0.717, 1.165) is 12.0 Å². The second kappa shape index (κ2) is 7.70. The van der Waals surface area contributed by atoms with Crippen molar-refractivity contribution in [2.75, 3.05) is 13.1 Å². The van der Waals surface area contributed by atoms with Crippen LogP contribution in [0.15, 0.2) is 35.1 Å². The number of amides is 2. The van der Waals surface area contributed by atoms with Gasteiger partial charge in [-0.3, -0.25) is 9.59 Å². The molecule has 2 amide bonds. The van der Waals surface area contributed by atoms with Crippen LogP contribution in [-0.4, -0.2) is 40.8 Å². The molecular weight excluding hydrogens is 342 g/mol. The lowest BCUT2D eigenvalue weighted by Crippen LogP contribution is -2.38. The topological polar surface area (TPSA) is 75.4 Å². The first-order valence-corrected chi connectivity index (χ1v) is 8.70. The third-order valence-electron chi connectivity index (χ3n) is 4.29. The van der Waals surface area contributed by atoms with Gasteiger partial charge in [0.15, 0.2) is 12.1 Å². The summed E-state index contributed by atoms with van der Waals surface area (Å²) in [5.74, 6) is 0.308. The number of carbonyl (C=O) groups is 2. The van der Waals surface area contributed by atoms with Crippen molar-refractivity contribution >= 4 is 23.4 Å². The molecule has 1 N–H and O–H groups in total. The number of oxazole rings is 1. The lowest BCUT2D eigenvalue weighted by Gasteiger charge is -2.17. The predicted molar refractivity (Wildman–Crippen MR) is 93.5 cm³/mol. The van der Waals surface area contributed by atoms with Crippen LogP contribution in [0.4, 0.5) is 0 Å². The highest BCUT2D eigenvalue weighted by atomic mass is 35.5. The summed E-state index contributed by atoms with van der Waals surface area (Å²) in [6, 6.07) is 7.41. The van der Waals surface area contributed by atoms with E-state index in [1.54, 1.807) is 4.90 Å². The zero-order valence-electron chi connectivity index (χ0n) is 14.0. The van der Waals surface area contributed by atoms with Crippen LogP contribution >= 0.6 is 11.6 Å². The van der Waals surface area contributed by atoms with Gasteiger partial charge in [-0.2, -0.15) is 0 Å². The van der Waals surface area contributed by atoms with Crippen molar-refractivity contribution in [1.82, 2.24) is 15.2 Å². The average molecular weight is 362 g/mol. The summed E-state index contributed by atoms with van der Waals surface area (Å²) in [4.78, 5) is 30.2. The van der Waals surface area contributed by atoms with Crippen LogP contribution in [0.5, 0.6) is 0 Å². The predicted octanol–water partition coefficient (Wildman–Crippen LogP) is 2.46. The number of rotatable bonds is 6. The number of hydrogen-bond donors (Lipinski definition) is 1. The van der Waals surface area contributed by atoms with Gasteiger partial charge in [-0.05, 0) is 24.1 Å². The van der Waals surface area contributed by atoms with Crippen LogP contribution in [0.25, 0.3) is 0 Å². The summed E-state index contributed by atoms with van der Waals surface area (Å²) >= 11 is 5.98. The number of aryl methyl sites for hydroxylation is 1. The third-order valence-corrected chi connectivity index (χ3v) is 4.52. The van der Waals surface area contributed by atoms with E-state index in [1.165, 1.54) is 6.39 Å². The van der Waals surface area contributed by atoms with Crippen molar-refractivity contribution in [3.8, 4) is 0 Å². The average Bonchev–Trinajstić information content (AvgIpc) is 3.19. The van der Waals surface area contributed by atoms with E-state index in [0.29, 0.717) is 42.4 Å². The van der Waals surface area contributed by atoms with Gasteiger partial charge in [-0.25, -0.2) is 4.98 Å². The first-order chi connectivity index (χ1) is 12.1. The maximum atomic E-state index is 12.3. The third kappa shape index (κ3) is 4.20. The Morgan fingerprint density at radius 3 is 3.08 bits per heavy atom. The molecule has 0 bridgehead atoms. The van der Waals surface area contributed by atoms with E-state index in [1.807, 2.05) is 31.2 Å². The highest BCUT2D eigenvalue weighted by molar-refractivity contribution is 6.30. The Balaban J connectivity index is 1.54. The summed E-state index contributed by atoms with van der Waals surface area (Å²) in [7, 11) is 0. The van der Waals surface area contributed by atoms with E-state index in [-0.39, 0.29) is 17.9 Å². The van der Waals surface area contributed by atoms with Gasteiger partial charge in [0, 0.05) is 31.0 Å². The summed E-state index contributed by atoms with van der Waals surface area (Å²) in [6.07, 6.45) is 2.90. The molecule has 1 unspecified atom stereocenters. The molecular formula is C18H20ClN3O3. The first-order valence-electron chi connectivity index (χ1n) is 8.32. The zero-order valence-corrected chi connectivity index (χ0v) is 14.8. The second-order valence-electron chi connectivity index (χ2n) is 6.07. The number of hydrogen-bond acceptors (Lipinski definition) is 4. The number of nitrogens with zero attached hydrogens (tertiary/aromatic N) is 2. The smallest absolute Gasteiger partial charge is 0.273 e. The van der Waals surface area contributed by atoms with Crippen molar-refractivity contribution in [3.05, 3.63) is 52.7 Å². The molecule has 7 heteroatoms. The summed E-state index contributed by atoms with van der Waals surface area (Å²) in [6.45, 7) is 3.01. The normalized spacial score (nSPS) is 17.1. The van der Waals surface area contributed by atoms with E-state index < -0.39 is 0 Å². The SMILES string of the molecule is CCc1ocnc1C(=O)NC1CC(=O)N(CCc2cccc(Cl)c2)C1. The van der Waals surface area contributed by atoms with Crippen LogP contribution in [0, 0.1) is 0 Å². The zero-order chi connectivity index (χ0) is 17.8. The van der Waals surface area contributed by atoms with Crippen molar-refractivity contribution in [2.45, 2.75) is 32.2 Å². The standard InChI is InChI=1S/C18H20ClN3O3/c1-2-15-17(20-11-25-15)18(24)21-14-9-16(23)22(10-14)7-6-12-4-3-5-13(19)8-12/h3-5,8,11,14H,2,6-7,9-10H2,1H3,(H,21,24). The molecule has 1 aromatic carbocycles. The van der Waals surface area contributed by atoms with Gasteiger partial charge in [0.1, 0.15) is 5.76 Å². The molecule has 1 saturated heterocycles. The van der Waals surface area contributed by atoms with Gasteiger partial charge in [-0.1, -0.05) is 30.7 Å². The van der Waals surface area contributed by atoms with Crippen molar-refractivity contribution in [1.29, 1.82) is 0 Å². The number of aromatic nitrogens is 1. The molecule has 0 aliphatic carbocycles. The van der Waals surface area contributed by atoms with E-state index in [4.69, 9.17) is 16.0 Å². The van der Waals surface area contributed by atoms with Gasteiger partial charge in [0.25, 0.3) is 5.91 Å². The Labute approximate surface area is 151 Å². The number of carbonyl (C=O) groups excluding carboxylic acids is 2. The summed E-state index contributed by atoms with van der Waals surface area (Å²) in [5, 5.41) is 3.57. The molecule has 0 radical (unpaired) electrons. The Hall–Kier alpha value is -2.34. The fraction of sp³-hybridized carbons (Fsp3) is 0.389. The van der Waals surface area contributed by atoms with E-state index in [9.17, 15) is 9.59 Å². The van der Waals surface area contributed by atoms with Crippen molar-refractivity contribution in [3.63, 3.8) is 0 Å². The fourth-order valence-corrected chi connectivity index (χ4v) is 3.21. The van der Waals surface area contributed by atoms with Gasteiger partial charge < -0.3 is 14.6 Å². The fourth-order valence-electron chi connectivity index (χ4n) is 3.00. The molecule has 0 saturated carbocycles. The van der Waals surface area contributed by atoms with Crippen LogP contribution in [-0.2, 0) is 17.6 Å². The monoisotopic (exact) mass is 361 g/mol. The minimum Gasteiger partial charge on any atom is -0.448 e. The number of halogens is 1. The molecule has 3 rings (SSSR count). The molecule has 1 aliphatic rings. The quantitative estimate of drug-likeness (QED) is 0.857. The van der Waals surface area contributed by atoms with Crippen LogP contribution in [0.2, 0.25) is 5.02 Å². The minimum atomic E-state index is -0.292. The van der Waals surface area contributed by atoms with Gasteiger partial charge in [0.2, 0.25) is 5.91 Å². The minimum absolute atomic E-state index is 0.0446. The number of benzene rings is 1. The Morgan fingerprint density at radius 2 is 2.32 bits per heavy atom. The molecule has 2 heterocycles. The molecule has 132 valence electrons. The Kier molecular flexibility index (Phi) is 5.38. The molecule has 1 atom stereocenters. The number of nitrogens with one attached hydrogen (secondary N) is 1. The molecule has 1 aromatic heterocycles. The van der Waals surface area contributed by atoms with Crippen LogP contribution in [0.1, 0.15) is 35.2 Å². The van der Waals surface area contributed by atoms with Gasteiger partial charge in [0.05, 0.1) is 6.04 Å². The first kappa shape index (κ1) is 17.5.